The molecule has 0 amide bonds. The predicted molar refractivity (Wildman–Crippen MR) is 155 cm³/mol. The third-order valence-electron chi connectivity index (χ3n) is 7.28. The lowest BCUT2D eigenvalue weighted by Crippen LogP contribution is -2.30. The van der Waals surface area contributed by atoms with Gasteiger partial charge >= 0.3 is 0 Å². The first-order valence-electron chi connectivity index (χ1n) is 12.9. The Morgan fingerprint density at radius 2 is 1.87 bits per heavy atom. The maximum Gasteiger partial charge on any atom is 0.223 e. The van der Waals surface area contributed by atoms with Crippen LogP contribution in [0, 0.1) is 11.8 Å². The van der Waals surface area contributed by atoms with E-state index in [0.717, 1.165) is 25.0 Å². The summed E-state index contributed by atoms with van der Waals surface area (Å²) in [5.74, 6) is 2.77. The Bertz CT molecular complexity index is 1390. The summed E-state index contributed by atoms with van der Waals surface area (Å²) in [7, 11) is 5.12. The van der Waals surface area contributed by atoms with Gasteiger partial charge in [-0.05, 0) is 37.9 Å². The van der Waals surface area contributed by atoms with Crippen molar-refractivity contribution in [2.45, 2.75) is 25.3 Å². The molecule has 1 aliphatic carbocycles. The minimum Gasteiger partial charge on any atom is -0.495 e. The third kappa shape index (κ3) is 5.90. The SMILES string of the molecule is C=CC(=O)C[C@H]1CN(C)C[C@H]1Nc1ncc2cc(-c3c(Cl)c(OC)cc(OC)c3Cl)nc(NCC3CC3)c2n1. The second-order valence-corrected chi connectivity index (χ2v) is 11.0. The molecule has 11 heteroatoms. The average molecular weight is 572 g/mol. The number of allylic oxidation sites excluding steroid dienone is 1. The molecule has 0 radical (unpaired) electrons. The number of halogens is 2. The van der Waals surface area contributed by atoms with Gasteiger partial charge in [-0.3, -0.25) is 4.79 Å². The van der Waals surface area contributed by atoms with Crippen LogP contribution in [0.3, 0.4) is 0 Å². The topological polar surface area (TPSA) is 102 Å². The Morgan fingerprint density at radius 3 is 2.51 bits per heavy atom. The molecule has 0 bridgehead atoms. The summed E-state index contributed by atoms with van der Waals surface area (Å²) in [6, 6.07) is 3.55. The molecule has 1 saturated heterocycles. The largest absolute Gasteiger partial charge is 0.495 e. The van der Waals surface area contributed by atoms with Gasteiger partial charge in [-0.1, -0.05) is 29.8 Å². The van der Waals surface area contributed by atoms with Crippen molar-refractivity contribution in [2.24, 2.45) is 11.8 Å². The molecule has 39 heavy (non-hydrogen) atoms. The van der Waals surface area contributed by atoms with Gasteiger partial charge in [-0.25, -0.2) is 15.0 Å². The Labute approximate surface area is 237 Å². The second kappa shape index (κ2) is 11.5. The van der Waals surface area contributed by atoms with Crippen LogP contribution in [0.5, 0.6) is 11.5 Å². The highest BCUT2D eigenvalue weighted by atomic mass is 35.5. The van der Waals surface area contributed by atoms with Gasteiger partial charge in [0.1, 0.15) is 17.0 Å². The van der Waals surface area contributed by atoms with Crippen LogP contribution in [0.25, 0.3) is 22.2 Å². The first-order valence-corrected chi connectivity index (χ1v) is 13.7. The third-order valence-corrected chi connectivity index (χ3v) is 8.03. The Hall–Kier alpha value is -3.14. The van der Waals surface area contributed by atoms with Crippen molar-refractivity contribution < 1.29 is 14.3 Å². The molecule has 9 nitrogen and oxygen atoms in total. The molecule has 0 spiro atoms. The van der Waals surface area contributed by atoms with Gasteiger partial charge in [0.25, 0.3) is 0 Å². The zero-order valence-corrected chi connectivity index (χ0v) is 23.8. The highest BCUT2D eigenvalue weighted by Gasteiger charge is 2.32. The van der Waals surface area contributed by atoms with Crippen molar-refractivity contribution >= 4 is 51.7 Å². The number of rotatable bonds is 11. The summed E-state index contributed by atoms with van der Waals surface area (Å²) in [5, 5.41) is 8.40. The van der Waals surface area contributed by atoms with E-state index in [1.54, 1.807) is 12.3 Å². The fraction of sp³-hybridized carbons (Fsp3) is 0.429. The van der Waals surface area contributed by atoms with E-state index in [4.69, 9.17) is 42.6 Å². The molecule has 1 saturated carbocycles. The van der Waals surface area contributed by atoms with Gasteiger partial charge in [-0.15, -0.1) is 0 Å². The van der Waals surface area contributed by atoms with Gasteiger partial charge in [0.2, 0.25) is 5.95 Å². The number of pyridine rings is 1. The number of nitrogens with one attached hydrogen (secondary N) is 2. The fourth-order valence-corrected chi connectivity index (χ4v) is 5.69. The van der Waals surface area contributed by atoms with Crippen LogP contribution in [0.4, 0.5) is 11.8 Å². The van der Waals surface area contributed by atoms with Crippen LogP contribution in [0.1, 0.15) is 19.3 Å². The summed E-state index contributed by atoms with van der Waals surface area (Å²) >= 11 is 13.4. The fourth-order valence-electron chi connectivity index (χ4n) is 5.00. The van der Waals surface area contributed by atoms with E-state index < -0.39 is 0 Å². The van der Waals surface area contributed by atoms with E-state index >= 15 is 0 Å². The zero-order valence-electron chi connectivity index (χ0n) is 22.3. The lowest BCUT2D eigenvalue weighted by molar-refractivity contribution is -0.115. The van der Waals surface area contributed by atoms with Crippen molar-refractivity contribution in [1.29, 1.82) is 0 Å². The molecule has 5 rings (SSSR count). The lowest BCUT2D eigenvalue weighted by Gasteiger charge is -2.20. The zero-order chi connectivity index (χ0) is 27.7. The number of nitrogens with zero attached hydrogens (tertiary/aromatic N) is 4. The van der Waals surface area contributed by atoms with E-state index in [9.17, 15) is 4.79 Å². The van der Waals surface area contributed by atoms with Gasteiger partial charge in [0, 0.05) is 61.2 Å². The first-order chi connectivity index (χ1) is 18.8. The van der Waals surface area contributed by atoms with Gasteiger partial charge in [-0.2, -0.15) is 0 Å². The molecule has 206 valence electrons. The van der Waals surface area contributed by atoms with Gasteiger partial charge < -0.3 is 25.0 Å². The summed E-state index contributed by atoms with van der Waals surface area (Å²) in [6.45, 7) is 6.01. The number of carbonyl (C=O) groups excluding carboxylic acids is 1. The number of carbonyl (C=O) groups is 1. The van der Waals surface area contributed by atoms with Crippen LogP contribution < -0.4 is 20.1 Å². The maximum absolute atomic E-state index is 12.1. The molecule has 2 aliphatic rings. The van der Waals surface area contributed by atoms with Gasteiger partial charge in [0.05, 0.1) is 30.0 Å². The lowest BCUT2D eigenvalue weighted by atomic mass is 9.97. The number of fused-ring (bicyclic) bond motifs is 1. The first kappa shape index (κ1) is 27.4. The number of ether oxygens (including phenoxy) is 2. The predicted octanol–water partition coefficient (Wildman–Crippen LogP) is 5.33. The summed E-state index contributed by atoms with van der Waals surface area (Å²) in [5.41, 5.74) is 1.75. The minimum absolute atomic E-state index is 0.0355. The molecular weight excluding hydrogens is 539 g/mol. The normalized spacial score (nSPS) is 19.2. The van der Waals surface area contributed by atoms with E-state index in [0.29, 0.717) is 62.4 Å². The summed E-state index contributed by atoms with van der Waals surface area (Å²) in [4.78, 5) is 28.6. The van der Waals surface area contributed by atoms with Crippen LogP contribution in [0.2, 0.25) is 10.0 Å². The molecular formula is C28H32Cl2N6O3. The van der Waals surface area contributed by atoms with E-state index in [1.165, 1.54) is 33.1 Å². The number of benzene rings is 1. The number of hydrogen-bond donors (Lipinski definition) is 2. The number of hydrogen-bond acceptors (Lipinski definition) is 9. The molecule has 2 aromatic heterocycles. The number of anilines is 2. The van der Waals surface area contributed by atoms with Crippen molar-refractivity contribution in [1.82, 2.24) is 19.9 Å². The summed E-state index contributed by atoms with van der Waals surface area (Å²) in [6.07, 6.45) is 5.97. The number of methoxy groups -OCH3 is 2. The van der Waals surface area contributed by atoms with Gasteiger partial charge in [0.15, 0.2) is 11.6 Å². The number of likely N-dealkylation sites (tertiary alicyclic amines) is 1. The van der Waals surface area contributed by atoms with Crippen molar-refractivity contribution in [3.05, 3.63) is 41.0 Å². The van der Waals surface area contributed by atoms with E-state index in [-0.39, 0.29) is 17.7 Å². The minimum atomic E-state index is 0.0355. The average Bonchev–Trinajstić information content (AvgIpc) is 3.69. The van der Waals surface area contributed by atoms with Crippen LogP contribution in [0.15, 0.2) is 31.0 Å². The Kier molecular flexibility index (Phi) is 8.11. The maximum atomic E-state index is 12.1. The van der Waals surface area contributed by atoms with Crippen molar-refractivity contribution in [3.63, 3.8) is 0 Å². The van der Waals surface area contributed by atoms with Crippen molar-refractivity contribution in [3.8, 4) is 22.8 Å². The highest BCUT2D eigenvalue weighted by molar-refractivity contribution is 6.41. The highest BCUT2D eigenvalue weighted by Crippen LogP contribution is 2.46. The molecule has 3 heterocycles. The molecule has 2 atom stereocenters. The van der Waals surface area contributed by atoms with Crippen LogP contribution in [-0.2, 0) is 4.79 Å². The molecule has 0 unspecified atom stereocenters. The molecule has 1 aliphatic heterocycles. The quantitative estimate of drug-likeness (QED) is 0.296. The van der Waals surface area contributed by atoms with E-state index in [2.05, 4.69) is 27.1 Å². The molecule has 2 N–H and O–H groups in total. The van der Waals surface area contributed by atoms with Crippen molar-refractivity contribution in [2.75, 3.05) is 51.5 Å². The number of aromatic nitrogens is 3. The molecule has 3 aromatic rings. The Balaban J connectivity index is 1.54. The molecule has 2 fully saturated rings. The Morgan fingerprint density at radius 1 is 1.15 bits per heavy atom. The second-order valence-electron chi connectivity index (χ2n) is 10.2. The number of likely N-dealkylation sites (N-methyl/N-ethyl adjacent to an activating group) is 1. The molecule has 1 aromatic carbocycles. The monoisotopic (exact) mass is 570 g/mol. The van der Waals surface area contributed by atoms with Crippen LogP contribution >= 0.6 is 23.2 Å². The smallest absolute Gasteiger partial charge is 0.223 e. The van der Waals surface area contributed by atoms with E-state index in [1.807, 2.05) is 13.1 Å². The standard InChI is InChI=1S/C28H32Cl2N6O3/c1-5-18(37)8-17-13-36(2)14-20(17)34-28-32-12-16-9-19(33-27(26(16)35-28)31-11-15-6-7-15)23-24(29)21(38-3)10-22(39-4)25(23)30/h5,9-10,12,15,17,20H,1,6-8,11,13-14H2,2-4H3,(H,31,33)(H,32,34,35)/t17-,20+/m0/s1. The summed E-state index contributed by atoms with van der Waals surface area (Å²) < 4.78 is 10.9. The van der Waals surface area contributed by atoms with Crippen LogP contribution in [-0.4, -0.2) is 72.6 Å². The number of ketones is 1.